The van der Waals surface area contributed by atoms with Gasteiger partial charge in [-0.1, -0.05) is 30.3 Å². The third-order valence-corrected chi connectivity index (χ3v) is 4.73. The predicted octanol–water partition coefficient (Wildman–Crippen LogP) is 3.92. The van der Waals surface area contributed by atoms with Crippen LogP contribution in [0.5, 0.6) is 5.75 Å². The highest BCUT2D eigenvalue weighted by molar-refractivity contribution is 5.89. The van der Waals surface area contributed by atoms with E-state index in [-0.39, 0.29) is 6.04 Å². The van der Waals surface area contributed by atoms with E-state index in [1.165, 1.54) is 5.56 Å². The molecule has 2 aromatic heterocycles. The van der Waals surface area contributed by atoms with E-state index in [1.54, 1.807) is 13.4 Å². The molecule has 5 rings (SSSR count). The molecule has 5 heteroatoms. The highest BCUT2D eigenvalue weighted by atomic mass is 16.5. The minimum atomic E-state index is 0.0179. The van der Waals surface area contributed by atoms with Crippen molar-refractivity contribution in [1.82, 2.24) is 14.6 Å². The smallest absolute Gasteiger partial charge is 0.137 e. The van der Waals surface area contributed by atoms with Gasteiger partial charge in [-0.15, -0.1) is 0 Å². The van der Waals surface area contributed by atoms with Crippen molar-refractivity contribution < 1.29 is 4.74 Å². The normalized spacial score (nSPS) is 15.3. The summed E-state index contributed by atoms with van der Waals surface area (Å²) in [4.78, 5) is 4.57. The van der Waals surface area contributed by atoms with Gasteiger partial charge in [0.2, 0.25) is 0 Å². The van der Waals surface area contributed by atoms with Crippen molar-refractivity contribution in [2.45, 2.75) is 6.04 Å². The van der Waals surface area contributed by atoms with E-state index in [0.29, 0.717) is 0 Å². The van der Waals surface area contributed by atoms with E-state index >= 15 is 0 Å². The van der Waals surface area contributed by atoms with Crippen LogP contribution in [0.1, 0.15) is 17.2 Å². The summed E-state index contributed by atoms with van der Waals surface area (Å²) in [6.45, 7) is 0. The number of hydrogen-bond donors (Lipinski definition) is 1. The Labute approximate surface area is 144 Å². The largest absolute Gasteiger partial charge is 0.497 e. The molecule has 25 heavy (non-hydrogen) atoms. The summed E-state index contributed by atoms with van der Waals surface area (Å²) in [6.07, 6.45) is 3.60. The minimum Gasteiger partial charge on any atom is -0.497 e. The Morgan fingerprint density at radius 1 is 1.04 bits per heavy atom. The standard InChI is InChI=1S/C20H16N4O/c1-25-14-8-6-13(7-9-14)18-16-10-11-24-20(16)19(21-12-22-24)15-4-2-3-5-17(15)23-18/h2-12,18,23H,1H3. The molecule has 1 N–H and O–H groups in total. The first-order valence-corrected chi connectivity index (χ1v) is 8.17. The molecule has 0 saturated carbocycles. The molecule has 0 radical (unpaired) electrons. The van der Waals surface area contributed by atoms with Crippen LogP contribution in [-0.4, -0.2) is 21.7 Å². The van der Waals surface area contributed by atoms with Gasteiger partial charge in [-0.05, 0) is 29.8 Å². The fourth-order valence-electron chi connectivity index (χ4n) is 3.52. The first kappa shape index (κ1) is 14.0. The number of para-hydroxylation sites is 1. The van der Waals surface area contributed by atoms with E-state index in [0.717, 1.165) is 33.8 Å². The van der Waals surface area contributed by atoms with E-state index in [4.69, 9.17) is 4.74 Å². The SMILES string of the molecule is COc1ccc(C2Nc3ccccc3-c3ncnn4ccc2c34)cc1. The van der Waals surface area contributed by atoms with Crippen molar-refractivity contribution in [3.05, 3.63) is 78.2 Å². The highest BCUT2D eigenvalue weighted by Crippen LogP contribution is 2.41. The predicted molar refractivity (Wildman–Crippen MR) is 96.9 cm³/mol. The molecule has 3 heterocycles. The number of benzene rings is 2. The molecule has 1 unspecified atom stereocenters. The number of aromatic nitrogens is 3. The summed E-state index contributed by atoms with van der Waals surface area (Å²) in [6, 6.07) is 18.6. The molecular formula is C20H16N4O. The van der Waals surface area contributed by atoms with Crippen LogP contribution in [0.25, 0.3) is 16.8 Å². The lowest BCUT2D eigenvalue weighted by molar-refractivity contribution is 0.414. The molecule has 1 atom stereocenters. The number of fused-ring (bicyclic) bond motifs is 2. The molecule has 5 nitrogen and oxygen atoms in total. The molecule has 4 aromatic rings. The van der Waals surface area contributed by atoms with Gasteiger partial charge in [0.05, 0.1) is 18.7 Å². The van der Waals surface area contributed by atoms with E-state index in [1.807, 2.05) is 35.0 Å². The van der Waals surface area contributed by atoms with Gasteiger partial charge in [-0.3, -0.25) is 0 Å². The number of ether oxygens (including phenoxy) is 1. The minimum absolute atomic E-state index is 0.0179. The van der Waals surface area contributed by atoms with Gasteiger partial charge in [0.25, 0.3) is 0 Å². The fraction of sp³-hybridized carbons (Fsp3) is 0.100. The van der Waals surface area contributed by atoms with Gasteiger partial charge in [0.1, 0.15) is 17.8 Å². The average molecular weight is 328 g/mol. The first-order valence-electron chi connectivity index (χ1n) is 8.17. The first-order chi connectivity index (χ1) is 12.3. The second kappa shape index (κ2) is 5.34. The monoisotopic (exact) mass is 328 g/mol. The summed E-state index contributed by atoms with van der Waals surface area (Å²) in [7, 11) is 1.68. The van der Waals surface area contributed by atoms with Gasteiger partial charge in [-0.2, -0.15) is 5.10 Å². The van der Waals surface area contributed by atoms with Gasteiger partial charge in [-0.25, -0.2) is 9.50 Å². The molecular weight excluding hydrogens is 312 g/mol. The van der Waals surface area contributed by atoms with Crippen LogP contribution in [-0.2, 0) is 0 Å². The summed E-state index contributed by atoms with van der Waals surface area (Å²) < 4.78 is 7.19. The van der Waals surface area contributed by atoms with Crippen LogP contribution >= 0.6 is 0 Å². The zero-order valence-corrected chi connectivity index (χ0v) is 13.7. The number of nitrogens with one attached hydrogen (secondary N) is 1. The lowest BCUT2D eigenvalue weighted by Crippen LogP contribution is -2.11. The topological polar surface area (TPSA) is 51.5 Å². The Kier molecular flexibility index (Phi) is 3.00. The van der Waals surface area contributed by atoms with Crippen molar-refractivity contribution >= 4 is 11.2 Å². The molecule has 0 bridgehead atoms. The van der Waals surface area contributed by atoms with Crippen molar-refractivity contribution in [3.8, 4) is 17.0 Å². The van der Waals surface area contributed by atoms with Gasteiger partial charge >= 0.3 is 0 Å². The van der Waals surface area contributed by atoms with Crippen molar-refractivity contribution in [3.63, 3.8) is 0 Å². The van der Waals surface area contributed by atoms with Crippen LogP contribution in [0.3, 0.4) is 0 Å². The molecule has 0 aliphatic carbocycles. The van der Waals surface area contributed by atoms with Crippen LogP contribution in [0.4, 0.5) is 5.69 Å². The Bertz CT molecular complexity index is 1070. The zero-order chi connectivity index (χ0) is 16.8. The van der Waals surface area contributed by atoms with E-state index < -0.39 is 0 Å². The van der Waals surface area contributed by atoms with Crippen LogP contribution in [0, 0.1) is 0 Å². The molecule has 1 aliphatic heterocycles. The Hall–Kier alpha value is -3.34. The number of methoxy groups -OCH3 is 1. The Balaban J connectivity index is 1.78. The fourth-order valence-corrected chi connectivity index (χ4v) is 3.52. The summed E-state index contributed by atoms with van der Waals surface area (Å²) in [5.74, 6) is 0.850. The lowest BCUT2D eigenvalue weighted by atomic mass is 9.99. The van der Waals surface area contributed by atoms with Gasteiger partial charge in [0, 0.05) is 23.0 Å². The molecule has 0 amide bonds. The quantitative estimate of drug-likeness (QED) is 0.606. The molecule has 0 spiro atoms. The molecule has 122 valence electrons. The van der Waals surface area contributed by atoms with E-state index in [2.05, 4.69) is 45.7 Å². The summed E-state index contributed by atoms with van der Waals surface area (Å²) in [5, 5.41) is 8.06. The summed E-state index contributed by atoms with van der Waals surface area (Å²) in [5.41, 5.74) is 6.48. The van der Waals surface area contributed by atoms with Crippen LogP contribution in [0.2, 0.25) is 0 Å². The Morgan fingerprint density at radius 2 is 1.88 bits per heavy atom. The van der Waals surface area contributed by atoms with E-state index in [9.17, 15) is 0 Å². The number of nitrogens with zero attached hydrogens (tertiary/aromatic N) is 3. The third-order valence-electron chi connectivity index (χ3n) is 4.73. The molecule has 2 aromatic carbocycles. The maximum atomic E-state index is 5.29. The second-order valence-electron chi connectivity index (χ2n) is 6.07. The van der Waals surface area contributed by atoms with Crippen molar-refractivity contribution in [1.29, 1.82) is 0 Å². The van der Waals surface area contributed by atoms with Gasteiger partial charge in [0.15, 0.2) is 0 Å². The van der Waals surface area contributed by atoms with Crippen molar-refractivity contribution in [2.24, 2.45) is 0 Å². The molecule has 1 aliphatic rings. The van der Waals surface area contributed by atoms with Gasteiger partial charge < -0.3 is 10.1 Å². The average Bonchev–Trinajstić information content (AvgIpc) is 3.04. The van der Waals surface area contributed by atoms with Crippen LogP contribution in [0.15, 0.2) is 67.1 Å². The highest BCUT2D eigenvalue weighted by Gasteiger charge is 2.26. The summed E-state index contributed by atoms with van der Waals surface area (Å²) >= 11 is 0. The number of hydrogen-bond acceptors (Lipinski definition) is 4. The third kappa shape index (κ3) is 2.09. The number of anilines is 1. The lowest BCUT2D eigenvalue weighted by Gasteiger charge is -2.19. The Morgan fingerprint density at radius 3 is 2.72 bits per heavy atom. The zero-order valence-electron chi connectivity index (χ0n) is 13.7. The molecule has 0 saturated heterocycles. The molecule has 0 fully saturated rings. The maximum absolute atomic E-state index is 5.29. The maximum Gasteiger partial charge on any atom is 0.137 e. The number of rotatable bonds is 2. The van der Waals surface area contributed by atoms with Crippen molar-refractivity contribution in [2.75, 3.05) is 12.4 Å². The van der Waals surface area contributed by atoms with Crippen LogP contribution < -0.4 is 10.1 Å². The second-order valence-corrected chi connectivity index (χ2v) is 6.07.